The Morgan fingerprint density at radius 1 is 1.30 bits per heavy atom. The Hall–Kier alpha value is -2.58. The lowest BCUT2D eigenvalue weighted by molar-refractivity contribution is -0.141. The van der Waals surface area contributed by atoms with E-state index in [1.807, 2.05) is 0 Å². The van der Waals surface area contributed by atoms with Gasteiger partial charge in [-0.2, -0.15) is 8.78 Å². The van der Waals surface area contributed by atoms with E-state index in [-0.39, 0.29) is 30.4 Å². The van der Waals surface area contributed by atoms with Gasteiger partial charge >= 0.3 is 18.7 Å². The number of likely N-dealkylation sites (tertiary alicyclic amines) is 1. The number of amides is 1. The first kappa shape index (κ1) is 19.2. The number of nitrogens with zero attached hydrogens (tertiary/aromatic N) is 1. The second kappa shape index (κ2) is 7.98. The smallest absolute Gasteiger partial charge is 0.410 e. The maximum atomic E-state index is 12.6. The normalized spacial score (nSPS) is 22.0. The van der Waals surface area contributed by atoms with E-state index in [1.165, 1.54) is 13.2 Å². The van der Waals surface area contributed by atoms with Crippen LogP contribution in [-0.2, 0) is 9.53 Å². The van der Waals surface area contributed by atoms with Crippen molar-refractivity contribution in [3.8, 4) is 11.5 Å². The van der Waals surface area contributed by atoms with Gasteiger partial charge < -0.3 is 19.3 Å². The average Bonchev–Trinajstić information content (AvgIpc) is 3.35. The van der Waals surface area contributed by atoms with Crippen LogP contribution in [0.3, 0.4) is 0 Å². The zero-order chi connectivity index (χ0) is 19.6. The van der Waals surface area contributed by atoms with Crippen molar-refractivity contribution in [3.05, 3.63) is 23.8 Å². The van der Waals surface area contributed by atoms with Gasteiger partial charge in [-0.3, -0.25) is 4.90 Å². The molecule has 1 aromatic rings. The van der Waals surface area contributed by atoms with Gasteiger partial charge in [-0.1, -0.05) is 6.07 Å². The summed E-state index contributed by atoms with van der Waals surface area (Å²) in [5, 5.41) is 9.37. The van der Waals surface area contributed by atoms with E-state index in [2.05, 4.69) is 9.47 Å². The van der Waals surface area contributed by atoms with Crippen LogP contribution >= 0.6 is 0 Å². The van der Waals surface area contributed by atoms with Gasteiger partial charge in [0.25, 0.3) is 0 Å². The standard InChI is InChI=1S/C18H21F2NO6/c1-25-18(24)21-8-12(6-13(21)16(22)23)11-4-5-14(27-17(19)20)15(7-11)26-9-10-2-3-10/h4-5,7,10,12-13,17H,2-3,6,8-9H2,1H3,(H,22,23)/t12?,13-/m0/s1. The molecule has 1 aliphatic carbocycles. The van der Waals surface area contributed by atoms with E-state index in [9.17, 15) is 23.5 Å². The molecule has 0 radical (unpaired) electrons. The number of alkyl halides is 2. The summed E-state index contributed by atoms with van der Waals surface area (Å²) in [6.07, 6.45) is 1.57. The molecule has 1 saturated carbocycles. The number of hydrogen-bond acceptors (Lipinski definition) is 5. The number of methoxy groups -OCH3 is 1. The summed E-state index contributed by atoms with van der Waals surface area (Å²) in [5.74, 6) is -0.847. The molecule has 2 atom stereocenters. The molecule has 27 heavy (non-hydrogen) atoms. The predicted molar refractivity (Wildman–Crippen MR) is 89.2 cm³/mol. The molecule has 0 spiro atoms. The minimum atomic E-state index is -2.98. The predicted octanol–water partition coefficient (Wildman–Crippen LogP) is 3.09. The Morgan fingerprint density at radius 3 is 2.63 bits per heavy atom. The van der Waals surface area contributed by atoms with Crippen LogP contribution in [0.15, 0.2) is 18.2 Å². The van der Waals surface area contributed by atoms with E-state index >= 15 is 0 Å². The van der Waals surface area contributed by atoms with E-state index in [4.69, 9.17) is 4.74 Å². The van der Waals surface area contributed by atoms with Gasteiger partial charge in [-0.25, -0.2) is 9.59 Å². The molecule has 2 fully saturated rings. The number of rotatable bonds is 7. The molecule has 2 aliphatic rings. The molecular weight excluding hydrogens is 364 g/mol. The van der Waals surface area contributed by atoms with Crippen molar-refractivity contribution < 1.29 is 37.7 Å². The molecule has 1 aliphatic heterocycles. The van der Waals surface area contributed by atoms with Gasteiger partial charge in [0, 0.05) is 12.5 Å². The molecule has 7 nitrogen and oxygen atoms in total. The van der Waals surface area contributed by atoms with Crippen molar-refractivity contribution >= 4 is 12.1 Å². The van der Waals surface area contributed by atoms with Crippen LogP contribution < -0.4 is 9.47 Å². The number of halogens is 2. The molecule has 1 N–H and O–H groups in total. The van der Waals surface area contributed by atoms with Crippen LogP contribution in [0.25, 0.3) is 0 Å². The van der Waals surface area contributed by atoms with Crippen molar-refractivity contribution in [2.24, 2.45) is 5.92 Å². The number of benzene rings is 1. The molecule has 1 saturated heterocycles. The molecule has 3 rings (SSSR count). The monoisotopic (exact) mass is 385 g/mol. The largest absolute Gasteiger partial charge is 0.489 e. The first-order chi connectivity index (χ1) is 12.9. The van der Waals surface area contributed by atoms with Crippen LogP contribution in [0.5, 0.6) is 11.5 Å². The van der Waals surface area contributed by atoms with Gasteiger partial charge in [-0.05, 0) is 42.9 Å². The maximum absolute atomic E-state index is 12.6. The summed E-state index contributed by atoms with van der Waals surface area (Å²) in [7, 11) is 1.19. The van der Waals surface area contributed by atoms with Gasteiger partial charge in [0.1, 0.15) is 6.04 Å². The Morgan fingerprint density at radius 2 is 2.04 bits per heavy atom. The summed E-state index contributed by atoms with van der Waals surface area (Å²) in [5.41, 5.74) is 0.695. The Bertz CT molecular complexity index is 709. The maximum Gasteiger partial charge on any atom is 0.410 e. The third-order valence-corrected chi connectivity index (χ3v) is 4.82. The van der Waals surface area contributed by atoms with Crippen molar-refractivity contribution in [2.45, 2.75) is 37.8 Å². The number of carbonyl (C=O) groups excluding carboxylic acids is 1. The molecule has 1 unspecified atom stereocenters. The van der Waals surface area contributed by atoms with Crippen molar-refractivity contribution in [1.82, 2.24) is 4.90 Å². The summed E-state index contributed by atoms with van der Waals surface area (Å²) in [6, 6.07) is 3.56. The molecule has 0 bridgehead atoms. The molecule has 0 aromatic heterocycles. The lowest BCUT2D eigenvalue weighted by Crippen LogP contribution is -2.40. The number of ether oxygens (including phenoxy) is 3. The third kappa shape index (κ3) is 4.58. The summed E-state index contributed by atoms with van der Waals surface area (Å²) in [4.78, 5) is 24.5. The van der Waals surface area contributed by atoms with Crippen molar-refractivity contribution in [1.29, 1.82) is 0 Å². The average molecular weight is 385 g/mol. The molecule has 1 aromatic carbocycles. The fourth-order valence-electron chi connectivity index (χ4n) is 3.21. The van der Waals surface area contributed by atoms with E-state index < -0.39 is 24.7 Å². The Kier molecular flexibility index (Phi) is 5.67. The molecular formula is C18H21F2NO6. The topological polar surface area (TPSA) is 85.3 Å². The number of carboxylic acids is 1. The van der Waals surface area contributed by atoms with Crippen molar-refractivity contribution in [2.75, 3.05) is 20.3 Å². The quantitative estimate of drug-likeness (QED) is 0.776. The van der Waals surface area contributed by atoms with Crippen LogP contribution in [0.4, 0.5) is 13.6 Å². The summed E-state index contributed by atoms with van der Waals surface area (Å²) in [6.45, 7) is -2.41. The SMILES string of the molecule is COC(=O)N1CC(c2ccc(OC(F)F)c(OCC3CC3)c2)C[C@H]1C(=O)O. The molecule has 1 amide bonds. The highest BCUT2D eigenvalue weighted by Gasteiger charge is 2.41. The van der Waals surface area contributed by atoms with Gasteiger partial charge in [0.2, 0.25) is 0 Å². The molecule has 148 valence electrons. The van der Waals surface area contributed by atoms with E-state index in [1.54, 1.807) is 12.1 Å². The highest BCUT2D eigenvalue weighted by atomic mass is 19.3. The lowest BCUT2D eigenvalue weighted by atomic mass is 9.96. The van der Waals surface area contributed by atoms with Crippen LogP contribution in [0, 0.1) is 5.92 Å². The first-order valence-electron chi connectivity index (χ1n) is 8.68. The second-order valence-electron chi connectivity index (χ2n) is 6.75. The zero-order valence-electron chi connectivity index (χ0n) is 14.8. The number of aliphatic carboxylic acids is 1. The van der Waals surface area contributed by atoms with Crippen LogP contribution in [0.2, 0.25) is 0 Å². The third-order valence-electron chi connectivity index (χ3n) is 4.82. The van der Waals surface area contributed by atoms with E-state index in [0.29, 0.717) is 18.1 Å². The first-order valence-corrected chi connectivity index (χ1v) is 8.68. The minimum Gasteiger partial charge on any atom is -0.489 e. The lowest BCUT2D eigenvalue weighted by Gasteiger charge is -2.19. The molecule has 9 heteroatoms. The summed E-state index contributed by atoms with van der Waals surface area (Å²) < 4.78 is 40.1. The Labute approximate surface area is 154 Å². The highest BCUT2D eigenvalue weighted by Crippen LogP contribution is 2.39. The zero-order valence-corrected chi connectivity index (χ0v) is 14.8. The number of carbonyl (C=O) groups is 2. The summed E-state index contributed by atoms with van der Waals surface area (Å²) >= 11 is 0. The van der Waals surface area contributed by atoms with Gasteiger partial charge in [-0.15, -0.1) is 0 Å². The van der Waals surface area contributed by atoms with E-state index in [0.717, 1.165) is 17.7 Å². The van der Waals surface area contributed by atoms with Crippen LogP contribution in [0.1, 0.15) is 30.7 Å². The van der Waals surface area contributed by atoms with Crippen molar-refractivity contribution in [3.63, 3.8) is 0 Å². The second-order valence-corrected chi connectivity index (χ2v) is 6.75. The number of hydrogen-bond donors (Lipinski definition) is 1. The molecule has 1 heterocycles. The van der Waals surface area contributed by atoms with Gasteiger partial charge in [0.05, 0.1) is 13.7 Å². The number of carboxylic acid groups (broad SMARTS) is 1. The fraction of sp³-hybridized carbons (Fsp3) is 0.556. The Balaban J connectivity index is 1.81. The highest BCUT2D eigenvalue weighted by molar-refractivity contribution is 5.81. The fourth-order valence-corrected chi connectivity index (χ4v) is 3.21. The van der Waals surface area contributed by atoms with Crippen LogP contribution in [-0.4, -0.2) is 55.0 Å². The van der Waals surface area contributed by atoms with Gasteiger partial charge in [0.15, 0.2) is 11.5 Å². The minimum absolute atomic E-state index is 0.0630.